The summed E-state index contributed by atoms with van der Waals surface area (Å²) in [5, 5.41) is 1.87. The lowest BCUT2D eigenvalue weighted by atomic mass is 9.86. The first-order valence-corrected chi connectivity index (χ1v) is 9.42. The van der Waals surface area contributed by atoms with E-state index in [1.54, 1.807) is 0 Å². The van der Waals surface area contributed by atoms with Gasteiger partial charge in [0, 0.05) is 17.5 Å². The van der Waals surface area contributed by atoms with Crippen LogP contribution in [0.2, 0.25) is 5.02 Å². The Hall–Kier alpha value is -1.90. The predicted octanol–water partition coefficient (Wildman–Crippen LogP) is 5.75. The van der Waals surface area contributed by atoms with Crippen molar-refractivity contribution in [3.8, 4) is 0 Å². The van der Waals surface area contributed by atoms with Crippen molar-refractivity contribution in [2.75, 3.05) is 19.6 Å². The second kappa shape index (κ2) is 8.46. The molecular weight excluding hydrogens is 328 g/mol. The van der Waals surface area contributed by atoms with Crippen molar-refractivity contribution in [3.05, 3.63) is 76.9 Å². The zero-order valence-corrected chi connectivity index (χ0v) is 15.7. The molecule has 0 saturated heterocycles. The Morgan fingerprint density at radius 1 is 0.960 bits per heavy atom. The second-order valence-electron chi connectivity index (χ2n) is 6.31. The Kier molecular flexibility index (Phi) is 6.06. The lowest BCUT2D eigenvalue weighted by Crippen LogP contribution is -2.25. The summed E-state index contributed by atoms with van der Waals surface area (Å²) < 4.78 is 0. The highest BCUT2D eigenvalue weighted by molar-refractivity contribution is 6.35. The highest BCUT2D eigenvalue weighted by Crippen LogP contribution is 2.35. The Morgan fingerprint density at radius 3 is 2.44 bits per heavy atom. The van der Waals surface area contributed by atoms with Crippen LogP contribution in [0.3, 0.4) is 0 Å². The number of pyridine rings is 1. The number of nitrogens with zero attached hydrogens (tertiary/aromatic N) is 2. The van der Waals surface area contributed by atoms with E-state index in [1.165, 1.54) is 11.1 Å². The molecule has 1 heterocycles. The van der Waals surface area contributed by atoms with Gasteiger partial charge in [-0.15, -0.1) is 0 Å². The molecule has 1 atom stereocenters. The van der Waals surface area contributed by atoms with Gasteiger partial charge in [-0.2, -0.15) is 0 Å². The van der Waals surface area contributed by atoms with Crippen LogP contribution in [0.1, 0.15) is 37.3 Å². The van der Waals surface area contributed by atoms with E-state index in [2.05, 4.69) is 60.1 Å². The lowest BCUT2D eigenvalue weighted by Gasteiger charge is -2.24. The maximum absolute atomic E-state index is 6.56. The molecule has 0 aliphatic rings. The Bertz CT molecular complexity index is 807. The zero-order valence-electron chi connectivity index (χ0n) is 15.0. The fraction of sp³-hybridized carbons (Fsp3) is 0.318. The highest BCUT2D eigenvalue weighted by Gasteiger charge is 2.19. The molecule has 3 rings (SSSR count). The molecule has 3 heteroatoms. The van der Waals surface area contributed by atoms with Crippen molar-refractivity contribution in [1.82, 2.24) is 9.88 Å². The summed E-state index contributed by atoms with van der Waals surface area (Å²) in [6.07, 6.45) is 2.97. The van der Waals surface area contributed by atoms with Gasteiger partial charge in [0.25, 0.3) is 0 Å². The summed E-state index contributed by atoms with van der Waals surface area (Å²) in [5.74, 6) is 0.312. The fourth-order valence-corrected chi connectivity index (χ4v) is 3.79. The molecule has 3 aromatic rings. The largest absolute Gasteiger partial charge is 0.304 e. The molecular formula is C22H25ClN2. The third-order valence-electron chi connectivity index (χ3n) is 4.95. The maximum atomic E-state index is 6.56. The van der Waals surface area contributed by atoms with Crippen LogP contribution in [0.25, 0.3) is 10.9 Å². The number of benzene rings is 2. The molecule has 2 aromatic carbocycles. The van der Waals surface area contributed by atoms with Crippen molar-refractivity contribution in [2.45, 2.75) is 26.2 Å². The van der Waals surface area contributed by atoms with Gasteiger partial charge in [-0.25, -0.2) is 0 Å². The Balaban J connectivity index is 2.06. The first-order valence-electron chi connectivity index (χ1n) is 9.05. The molecule has 25 heavy (non-hydrogen) atoms. The van der Waals surface area contributed by atoms with Gasteiger partial charge < -0.3 is 4.90 Å². The van der Waals surface area contributed by atoms with E-state index >= 15 is 0 Å². The molecule has 0 radical (unpaired) electrons. The molecule has 0 aliphatic heterocycles. The van der Waals surface area contributed by atoms with Gasteiger partial charge >= 0.3 is 0 Å². The second-order valence-corrected chi connectivity index (χ2v) is 6.72. The highest BCUT2D eigenvalue weighted by atomic mass is 35.5. The number of aromatic nitrogens is 1. The van der Waals surface area contributed by atoms with Gasteiger partial charge in [0.05, 0.1) is 10.5 Å². The summed E-state index contributed by atoms with van der Waals surface area (Å²) in [6, 6.07) is 18.8. The molecule has 0 bridgehead atoms. The van der Waals surface area contributed by atoms with Crippen LogP contribution >= 0.6 is 11.6 Å². The number of fused-ring (bicyclic) bond motifs is 1. The minimum absolute atomic E-state index is 0.312. The van der Waals surface area contributed by atoms with E-state index in [0.29, 0.717) is 5.92 Å². The van der Waals surface area contributed by atoms with Crippen LogP contribution in [-0.4, -0.2) is 29.5 Å². The third-order valence-corrected chi connectivity index (χ3v) is 5.27. The van der Waals surface area contributed by atoms with Gasteiger partial charge in [-0.3, -0.25) is 4.98 Å². The van der Waals surface area contributed by atoms with E-state index < -0.39 is 0 Å². The van der Waals surface area contributed by atoms with E-state index in [-0.39, 0.29) is 0 Å². The number of hydrogen-bond acceptors (Lipinski definition) is 2. The van der Waals surface area contributed by atoms with Crippen molar-refractivity contribution in [2.24, 2.45) is 0 Å². The minimum Gasteiger partial charge on any atom is -0.304 e. The van der Waals surface area contributed by atoms with Crippen molar-refractivity contribution in [1.29, 1.82) is 0 Å². The molecule has 0 aliphatic carbocycles. The third kappa shape index (κ3) is 4.02. The first kappa shape index (κ1) is 17.9. The molecule has 2 nitrogen and oxygen atoms in total. The van der Waals surface area contributed by atoms with E-state index in [4.69, 9.17) is 11.6 Å². The smallest absolute Gasteiger partial charge is 0.0719 e. The van der Waals surface area contributed by atoms with E-state index in [0.717, 1.165) is 42.0 Å². The van der Waals surface area contributed by atoms with Crippen LogP contribution < -0.4 is 0 Å². The topological polar surface area (TPSA) is 16.1 Å². The standard InChI is InChI=1S/C22H25ClN2/c1-3-25(4-2)16-14-18(17-9-6-5-7-10-17)19-13-15-24-21-12-8-11-20(23)22(19)21/h5-13,15,18H,3-4,14,16H2,1-2H3. The zero-order chi connectivity index (χ0) is 17.6. The molecule has 0 spiro atoms. The van der Waals surface area contributed by atoms with E-state index in [9.17, 15) is 0 Å². The summed E-state index contributed by atoms with van der Waals surface area (Å²) in [7, 11) is 0. The molecule has 1 aromatic heterocycles. The van der Waals surface area contributed by atoms with Crippen LogP contribution in [0.4, 0.5) is 0 Å². The number of hydrogen-bond donors (Lipinski definition) is 0. The predicted molar refractivity (Wildman–Crippen MR) is 107 cm³/mol. The number of halogens is 1. The summed E-state index contributed by atoms with van der Waals surface area (Å²) in [4.78, 5) is 6.98. The van der Waals surface area contributed by atoms with Crippen LogP contribution in [0.15, 0.2) is 60.8 Å². The van der Waals surface area contributed by atoms with Gasteiger partial charge in [-0.05, 0) is 55.4 Å². The van der Waals surface area contributed by atoms with Crippen molar-refractivity contribution in [3.63, 3.8) is 0 Å². The molecule has 1 unspecified atom stereocenters. The van der Waals surface area contributed by atoms with Crippen LogP contribution in [0, 0.1) is 0 Å². The van der Waals surface area contributed by atoms with Crippen LogP contribution in [0.5, 0.6) is 0 Å². The Labute approximate surface area is 155 Å². The SMILES string of the molecule is CCN(CC)CCC(c1ccccc1)c1ccnc2cccc(Cl)c12. The van der Waals surface area contributed by atoms with Crippen molar-refractivity contribution < 1.29 is 0 Å². The van der Waals surface area contributed by atoms with Gasteiger partial charge in [0.1, 0.15) is 0 Å². The average molecular weight is 353 g/mol. The molecule has 0 amide bonds. The van der Waals surface area contributed by atoms with Gasteiger partial charge in [0.2, 0.25) is 0 Å². The Morgan fingerprint density at radius 2 is 1.72 bits per heavy atom. The monoisotopic (exact) mass is 352 g/mol. The summed E-state index contributed by atoms with van der Waals surface area (Å²) >= 11 is 6.56. The molecule has 0 N–H and O–H groups in total. The van der Waals surface area contributed by atoms with Crippen molar-refractivity contribution >= 4 is 22.5 Å². The summed E-state index contributed by atoms with van der Waals surface area (Å²) in [5.41, 5.74) is 3.57. The lowest BCUT2D eigenvalue weighted by molar-refractivity contribution is 0.295. The molecule has 0 fully saturated rings. The fourth-order valence-electron chi connectivity index (χ4n) is 3.52. The molecule has 130 valence electrons. The maximum Gasteiger partial charge on any atom is 0.0719 e. The van der Waals surface area contributed by atoms with Gasteiger partial charge in [-0.1, -0.05) is 61.8 Å². The quantitative estimate of drug-likeness (QED) is 0.538. The minimum atomic E-state index is 0.312. The number of rotatable bonds is 7. The first-order chi connectivity index (χ1) is 12.2. The van der Waals surface area contributed by atoms with Gasteiger partial charge in [0.15, 0.2) is 0 Å². The normalized spacial score (nSPS) is 12.6. The average Bonchev–Trinajstić information content (AvgIpc) is 2.66. The summed E-state index contributed by atoms with van der Waals surface area (Å²) in [6.45, 7) is 7.67. The molecule has 0 saturated carbocycles. The van der Waals surface area contributed by atoms with Crippen LogP contribution in [-0.2, 0) is 0 Å². The van der Waals surface area contributed by atoms with E-state index in [1.807, 2.05) is 24.4 Å².